The summed E-state index contributed by atoms with van der Waals surface area (Å²) in [5, 5.41) is 7.80. The van der Waals surface area contributed by atoms with E-state index >= 15 is 0 Å². The summed E-state index contributed by atoms with van der Waals surface area (Å²) in [6.07, 6.45) is 5.33. The molecule has 4 rings (SSSR count). The van der Waals surface area contributed by atoms with Crippen LogP contribution in [0.25, 0.3) is 10.8 Å². The van der Waals surface area contributed by atoms with Crippen LogP contribution in [-0.2, 0) is 12.8 Å². The number of carbonyl (C=O) groups excluding carboxylic acids is 1. The first kappa shape index (κ1) is 24.0. The summed E-state index contributed by atoms with van der Waals surface area (Å²) < 4.78 is 0. The van der Waals surface area contributed by atoms with Gasteiger partial charge in [-0.2, -0.15) is 0 Å². The highest BCUT2D eigenvalue weighted by molar-refractivity contribution is 6.01. The van der Waals surface area contributed by atoms with Gasteiger partial charge in [-0.3, -0.25) is 4.98 Å². The smallest absolute Gasteiger partial charge is 0.319 e. The molecular formula is C28H32N4O. The highest BCUT2D eigenvalue weighted by Crippen LogP contribution is 2.21. The number of nitrogens with zero attached hydrogens (tertiary/aromatic N) is 1. The highest BCUT2D eigenvalue weighted by atomic mass is 16.2. The molecule has 5 heteroatoms. The fourth-order valence-electron chi connectivity index (χ4n) is 3.65. The van der Waals surface area contributed by atoms with Crippen molar-refractivity contribution in [1.29, 1.82) is 0 Å². The van der Waals surface area contributed by atoms with E-state index in [0.29, 0.717) is 6.54 Å². The highest BCUT2D eigenvalue weighted by Gasteiger charge is 2.05. The molecule has 0 atom stereocenters. The Morgan fingerprint density at radius 3 is 2.18 bits per heavy atom. The van der Waals surface area contributed by atoms with Crippen molar-refractivity contribution in [1.82, 2.24) is 10.3 Å². The topological polar surface area (TPSA) is 80.0 Å². The Bertz CT molecular complexity index is 1180. The number of rotatable bonds is 6. The molecule has 0 unspecified atom stereocenters. The predicted octanol–water partition coefficient (Wildman–Crippen LogP) is 5.40. The molecule has 0 bridgehead atoms. The number of benzene rings is 3. The molecule has 2 amide bonds. The third kappa shape index (κ3) is 7.16. The maximum absolute atomic E-state index is 12.1. The third-order valence-corrected chi connectivity index (χ3v) is 5.55. The van der Waals surface area contributed by atoms with Crippen LogP contribution in [0.2, 0.25) is 0 Å². The number of carbonyl (C=O) groups is 1. The Kier molecular flexibility index (Phi) is 8.98. The Morgan fingerprint density at radius 1 is 0.848 bits per heavy atom. The number of anilines is 1. The lowest BCUT2D eigenvalue weighted by molar-refractivity contribution is 0.252. The summed E-state index contributed by atoms with van der Waals surface area (Å²) in [6, 6.07) is 24.0. The summed E-state index contributed by atoms with van der Waals surface area (Å²) >= 11 is 0. The second kappa shape index (κ2) is 12.4. The standard InChI is InChI=1S/C19H19N3O.C9H13N/c1-14-5-2-3-6-15(14)9-12-21-19(23)22-18-8-4-7-16-13-20-11-10-17(16)18;1-8-4-2-3-5-9(8)6-7-10/h2-8,10-11,13H,9,12H2,1H3,(H2,21,22,23);2-5H,6-7,10H2,1H3. The minimum atomic E-state index is -0.192. The Morgan fingerprint density at radius 2 is 1.52 bits per heavy atom. The van der Waals surface area contributed by atoms with Crippen molar-refractivity contribution in [3.63, 3.8) is 0 Å². The van der Waals surface area contributed by atoms with E-state index in [1.165, 1.54) is 22.3 Å². The zero-order chi connectivity index (χ0) is 23.5. The number of fused-ring (bicyclic) bond motifs is 1. The van der Waals surface area contributed by atoms with Crippen LogP contribution in [0.3, 0.4) is 0 Å². The van der Waals surface area contributed by atoms with Crippen molar-refractivity contribution in [2.45, 2.75) is 26.7 Å². The average Bonchev–Trinajstić information content (AvgIpc) is 2.83. The zero-order valence-corrected chi connectivity index (χ0v) is 19.3. The molecule has 0 spiro atoms. The number of aromatic nitrogens is 1. The SMILES string of the molecule is Cc1ccccc1CCN.Cc1ccccc1CCNC(=O)Nc1cccc2cnccc12. The van der Waals surface area contributed by atoms with Gasteiger partial charge in [0.05, 0.1) is 5.69 Å². The van der Waals surface area contributed by atoms with Gasteiger partial charge in [0.15, 0.2) is 0 Å². The molecular weight excluding hydrogens is 408 g/mol. The van der Waals surface area contributed by atoms with Crippen molar-refractivity contribution in [3.8, 4) is 0 Å². The maximum Gasteiger partial charge on any atom is 0.319 e. The van der Waals surface area contributed by atoms with E-state index in [2.05, 4.69) is 65.9 Å². The number of amides is 2. The van der Waals surface area contributed by atoms with E-state index in [1.54, 1.807) is 12.4 Å². The quantitative estimate of drug-likeness (QED) is 0.375. The van der Waals surface area contributed by atoms with E-state index in [-0.39, 0.29) is 6.03 Å². The number of hydrogen-bond acceptors (Lipinski definition) is 3. The van der Waals surface area contributed by atoms with Gasteiger partial charge in [-0.25, -0.2) is 4.79 Å². The average molecular weight is 441 g/mol. The predicted molar refractivity (Wildman–Crippen MR) is 138 cm³/mol. The van der Waals surface area contributed by atoms with Crippen molar-refractivity contribution < 1.29 is 4.79 Å². The lowest BCUT2D eigenvalue weighted by Crippen LogP contribution is -2.30. The molecule has 0 saturated heterocycles. The molecule has 3 aromatic carbocycles. The third-order valence-electron chi connectivity index (χ3n) is 5.55. The number of urea groups is 1. The molecule has 0 saturated carbocycles. The number of nitrogens with one attached hydrogen (secondary N) is 2. The molecule has 0 radical (unpaired) electrons. The van der Waals surface area contributed by atoms with E-state index in [9.17, 15) is 4.79 Å². The summed E-state index contributed by atoms with van der Waals surface area (Å²) in [5.41, 5.74) is 11.4. The molecule has 0 aliphatic rings. The first-order valence-electron chi connectivity index (χ1n) is 11.2. The normalized spacial score (nSPS) is 10.3. The van der Waals surface area contributed by atoms with Gasteiger partial charge >= 0.3 is 6.03 Å². The van der Waals surface area contributed by atoms with E-state index in [1.807, 2.05) is 36.4 Å². The van der Waals surface area contributed by atoms with Crippen LogP contribution in [0, 0.1) is 13.8 Å². The Hall–Kier alpha value is -3.70. The minimum Gasteiger partial charge on any atom is -0.338 e. The van der Waals surface area contributed by atoms with Gasteiger partial charge in [-0.15, -0.1) is 0 Å². The minimum absolute atomic E-state index is 0.192. The van der Waals surface area contributed by atoms with Crippen LogP contribution in [0.1, 0.15) is 22.3 Å². The molecule has 1 heterocycles. The van der Waals surface area contributed by atoms with Crippen LogP contribution in [0.4, 0.5) is 10.5 Å². The molecule has 0 fully saturated rings. The van der Waals surface area contributed by atoms with Gasteiger partial charge in [0, 0.05) is 29.7 Å². The molecule has 33 heavy (non-hydrogen) atoms. The Balaban J connectivity index is 0.000000257. The first-order valence-corrected chi connectivity index (χ1v) is 11.2. The monoisotopic (exact) mass is 440 g/mol. The second-order valence-corrected chi connectivity index (χ2v) is 7.92. The van der Waals surface area contributed by atoms with E-state index < -0.39 is 0 Å². The fourth-order valence-corrected chi connectivity index (χ4v) is 3.65. The zero-order valence-electron chi connectivity index (χ0n) is 19.3. The van der Waals surface area contributed by atoms with E-state index in [0.717, 1.165) is 35.8 Å². The number of hydrogen-bond donors (Lipinski definition) is 3. The molecule has 5 nitrogen and oxygen atoms in total. The summed E-state index contributed by atoms with van der Waals surface area (Å²) in [7, 11) is 0. The van der Waals surface area contributed by atoms with Gasteiger partial charge in [-0.1, -0.05) is 60.7 Å². The van der Waals surface area contributed by atoms with Crippen molar-refractivity contribution in [3.05, 3.63) is 107 Å². The molecule has 0 aliphatic carbocycles. The van der Waals surface area contributed by atoms with Gasteiger partial charge in [-0.05, 0) is 67.6 Å². The van der Waals surface area contributed by atoms with E-state index in [4.69, 9.17) is 5.73 Å². The number of aryl methyl sites for hydroxylation is 2. The van der Waals surface area contributed by atoms with Gasteiger partial charge in [0.1, 0.15) is 0 Å². The van der Waals surface area contributed by atoms with Gasteiger partial charge in [0.2, 0.25) is 0 Å². The second-order valence-electron chi connectivity index (χ2n) is 7.92. The summed E-state index contributed by atoms with van der Waals surface area (Å²) in [4.78, 5) is 16.2. The van der Waals surface area contributed by atoms with Crippen molar-refractivity contribution in [2.75, 3.05) is 18.4 Å². The number of pyridine rings is 1. The van der Waals surface area contributed by atoms with Gasteiger partial charge in [0.25, 0.3) is 0 Å². The maximum atomic E-state index is 12.1. The number of nitrogens with two attached hydrogens (primary N) is 1. The van der Waals surface area contributed by atoms with Crippen LogP contribution in [0.15, 0.2) is 85.2 Å². The van der Waals surface area contributed by atoms with Crippen LogP contribution in [-0.4, -0.2) is 24.1 Å². The molecule has 170 valence electrons. The molecule has 1 aromatic heterocycles. The fraction of sp³-hybridized carbons (Fsp3) is 0.214. The van der Waals surface area contributed by atoms with Crippen molar-refractivity contribution >= 4 is 22.5 Å². The first-order chi connectivity index (χ1) is 16.1. The molecule has 4 N–H and O–H groups in total. The van der Waals surface area contributed by atoms with Crippen LogP contribution >= 0.6 is 0 Å². The lowest BCUT2D eigenvalue weighted by Gasteiger charge is -2.10. The Labute approximate surface area is 196 Å². The largest absolute Gasteiger partial charge is 0.338 e. The van der Waals surface area contributed by atoms with Crippen molar-refractivity contribution in [2.24, 2.45) is 5.73 Å². The van der Waals surface area contributed by atoms with Crippen LogP contribution < -0.4 is 16.4 Å². The lowest BCUT2D eigenvalue weighted by atomic mass is 10.1. The molecule has 0 aliphatic heterocycles. The molecule has 4 aromatic rings. The summed E-state index contributed by atoms with van der Waals surface area (Å²) in [6.45, 7) is 5.54. The van der Waals surface area contributed by atoms with Crippen LogP contribution in [0.5, 0.6) is 0 Å². The van der Waals surface area contributed by atoms with Gasteiger partial charge < -0.3 is 16.4 Å². The summed E-state index contributed by atoms with van der Waals surface area (Å²) in [5.74, 6) is 0.